The van der Waals surface area contributed by atoms with Crippen LogP contribution in [0.4, 0.5) is 8.78 Å². The van der Waals surface area contributed by atoms with Crippen molar-refractivity contribution in [1.29, 1.82) is 0 Å². The second-order valence-electron chi connectivity index (χ2n) is 4.22. The molecule has 1 nitrogen and oxygen atoms in total. The first-order valence-corrected chi connectivity index (χ1v) is 6.74. The summed E-state index contributed by atoms with van der Waals surface area (Å²) in [5, 5.41) is 0.547. The predicted molar refractivity (Wildman–Crippen MR) is 76.3 cm³/mol. The van der Waals surface area contributed by atoms with E-state index in [2.05, 4.69) is 15.9 Å². The lowest BCUT2D eigenvalue weighted by Crippen LogP contribution is -2.15. The topological polar surface area (TPSA) is 26.0 Å². The van der Waals surface area contributed by atoms with Gasteiger partial charge in [0.2, 0.25) is 0 Å². The van der Waals surface area contributed by atoms with E-state index < -0.39 is 17.7 Å². The van der Waals surface area contributed by atoms with Gasteiger partial charge < -0.3 is 5.73 Å². The summed E-state index contributed by atoms with van der Waals surface area (Å²) in [6.07, 6.45) is 0. The van der Waals surface area contributed by atoms with E-state index in [9.17, 15) is 8.78 Å². The number of nitrogens with two attached hydrogens (primary N) is 1. The molecular weight excluding hydrogens is 336 g/mol. The van der Waals surface area contributed by atoms with Gasteiger partial charge in [-0.15, -0.1) is 0 Å². The zero-order valence-electron chi connectivity index (χ0n) is 10.1. The smallest absolute Gasteiger partial charge is 0.137 e. The molecule has 19 heavy (non-hydrogen) atoms. The van der Waals surface area contributed by atoms with Crippen LogP contribution in [-0.4, -0.2) is 0 Å². The van der Waals surface area contributed by atoms with Crippen LogP contribution in [0.25, 0.3) is 0 Å². The molecule has 0 aliphatic carbocycles. The third-order valence-corrected chi connectivity index (χ3v) is 4.04. The van der Waals surface area contributed by atoms with Gasteiger partial charge in [-0.05, 0) is 52.2 Å². The summed E-state index contributed by atoms with van der Waals surface area (Å²) in [5.41, 5.74) is 7.57. The van der Waals surface area contributed by atoms with Crippen molar-refractivity contribution >= 4 is 27.5 Å². The van der Waals surface area contributed by atoms with Gasteiger partial charge in [-0.25, -0.2) is 8.78 Å². The molecule has 0 aromatic heterocycles. The summed E-state index contributed by atoms with van der Waals surface area (Å²) in [6.45, 7) is 1.80. The van der Waals surface area contributed by atoms with Crippen molar-refractivity contribution in [2.75, 3.05) is 0 Å². The first-order chi connectivity index (χ1) is 8.91. The molecule has 0 aliphatic heterocycles. The fourth-order valence-corrected chi connectivity index (χ4v) is 2.40. The fraction of sp³-hybridized carbons (Fsp3) is 0.143. The molecule has 2 aromatic carbocycles. The van der Waals surface area contributed by atoms with E-state index in [0.29, 0.717) is 10.6 Å². The Morgan fingerprint density at radius 1 is 1.16 bits per heavy atom. The molecule has 0 spiro atoms. The Bertz CT molecular complexity index is 631. The molecule has 0 fully saturated rings. The summed E-state index contributed by atoms with van der Waals surface area (Å²) in [5.74, 6) is -1.10. The van der Waals surface area contributed by atoms with Gasteiger partial charge >= 0.3 is 0 Å². The van der Waals surface area contributed by atoms with Crippen LogP contribution in [-0.2, 0) is 0 Å². The normalized spacial score (nSPS) is 12.5. The minimum Gasteiger partial charge on any atom is -0.320 e. The summed E-state index contributed by atoms with van der Waals surface area (Å²) in [4.78, 5) is 0. The third kappa shape index (κ3) is 2.81. The minimum absolute atomic E-state index is 0.0729. The minimum atomic E-state index is -0.763. The van der Waals surface area contributed by atoms with Gasteiger partial charge in [-0.1, -0.05) is 23.7 Å². The standard InChI is InChI=1S/C14H11BrClF2N/c1-7-8(3-2-4-11(7)16)14(19)9-5-13(18)10(15)6-12(9)17/h2-6,14H,19H2,1H3. The number of rotatable bonds is 2. The molecule has 0 saturated carbocycles. The van der Waals surface area contributed by atoms with E-state index in [1.807, 2.05) is 0 Å². The maximum Gasteiger partial charge on any atom is 0.137 e. The van der Waals surface area contributed by atoms with Crippen LogP contribution in [0, 0.1) is 18.6 Å². The van der Waals surface area contributed by atoms with Crippen LogP contribution < -0.4 is 5.73 Å². The van der Waals surface area contributed by atoms with Gasteiger partial charge in [0.25, 0.3) is 0 Å². The maximum atomic E-state index is 13.9. The average molecular weight is 347 g/mol. The van der Waals surface area contributed by atoms with Gasteiger partial charge in [0.05, 0.1) is 10.5 Å². The third-order valence-electron chi connectivity index (χ3n) is 3.02. The molecule has 0 amide bonds. The SMILES string of the molecule is Cc1c(Cl)cccc1C(N)c1cc(F)c(Br)cc1F. The Morgan fingerprint density at radius 2 is 1.84 bits per heavy atom. The van der Waals surface area contributed by atoms with Crippen molar-refractivity contribution in [3.8, 4) is 0 Å². The molecule has 0 aliphatic rings. The van der Waals surface area contributed by atoms with Gasteiger partial charge in [0.1, 0.15) is 11.6 Å². The van der Waals surface area contributed by atoms with Gasteiger partial charge in [0.15, 0.2) is 0 Å². The van der Waals surface area contributed by atoms with E-state index in [1.54, 1.807) is 25.1 Å². The largest absolute Gasteiger partial charge is 0.320 e. The van der Waals surface area contributed by atoms with E-state index in [0.717, 1.165) is 17.7 Å². The van der Waals surface area contributed by atoms with Crippen molar-refractivity contribution in [3.63, 3.8) is 0 Å². The second kappa shape index (κ2) is 5.57. The van der Waals surface area contributed by atoms with Crippen molar-refractivity contribution in [2.24, 2.45) is 5.73 Å². The number of benzene rings is 2. The Labute approximate surface area is 123 Å². The van der Waals surface area contributed by atoms with Gasteiger partial charge in [-0.2, -0.15) is 0 Å². The van der Waals surface area contributed by atoms with Crippen LogP contribution >= 0.6 is 27.5 Å². The summed E-state index contributed by atoms with van der Waals surface area (Å²) in [6, 6.07) is 6.63. The Morgan fingerprint density at radius 3 is 2.53 bits per heavy atom. The van der Waals surface area contributed by atoms with E-state index in [4.69, 9.17) is 17.3 Å². The summed E-state index contributed by atoms with van der Waals surface area (Å²) in [7, 11) is 0. The first kappa shape index (κ1) is 14.4. The Balaban J connectivity index is 2.53. The lowest BCUT2D eigenvalue weighted by Gasteiger charge is -2.17. The molecular formula is C14H11BrClF2N. The molecule has 2 aromatic rings. The Hall–Kier alpha value is -0.970. The average Bonchev–Trinajstić information content (AvgIpc) is 2.36. The lowest BCUT2D eigenvalue weighted by atomic mass is 9.95. The molecule has 0 heterocycles. The van der Waals surface area contributed by atoms with Crippen LogP contribution in [0.1, 0.15) is 22.7 Å². The fourth-order valence-electron chi connectivity index (χ4n) is 1.90. The lowest BCUT2D eigenvalue weighted by molar-refractivity contribution is 0.572. The highest BCUT2D eigenvalue weighted by Crippen LogP contribution is 2.30. The number of hydrogen-bond donors (Lipinski definition) is 1. The van der Waals surface area contributed by atoms with E-state index >= 15 is 0 Å². The highest BCUT2D eigenvalue weighted by Gasteiger charge is 2.18. The molecule has 2 rings (SSSR count). The highest BCUT2D eigenvalue weighted by atomic mass is 79.9. The van der Waals surface area contributed by atoms with Crippen LogP contribution in [0.15, 0.2) is 34.8 Å². The van der Waals surface area contributed by atoms with Gasteiger partial charge in [0, 0.05) is 10.6 Å². The molecule has 1 unspecified atom stereocenters. The Kier molecular flexibility index (Phi) is 4.23. The molecule has 0 radical (unpaired) electrons. The number of halogens is 4. The van der Waals surface area contributed by atoms with Crippen LogP contribution in [0.2, 0.25) is 5.02 Å². The zero-order valence-corrected chi connectivity index (χ0v) is 12.4. The molecule has 2 N–H and O–H groups in total. The highest BCUT2D eigenvalue weighted by molar-refractivity contribution is 9.10. The first-order valence-electron chi connectivity index (χ1n) is 5.57. The molecule has 100 valence electrons. The molecule has 5 heteroatoms. The van der Waals surface area contributed by atoms with Crippen molar-refractivity contribution in [2.45, 2.75) is 13.0 Å². The second-order valence-corrected chi connectivity index (χ2v) is 5.48. The molecule has 1 atom stereocenters. The predicted octanol–water partition coefficient (Wildman–Crippen LogP) is 4.74. The van der Waals surface area contributed by atoms with Crippen LogP contribution in [0.5, 0.6) is 0 Å². The van der Waals surface area contributed by atoms with Crippen molar-refractivity contribution < 1.29 is 8.78 Å². The van der Waals surface area contributed by atoms with Crippen molar-refractivity contribution in [3.05, 3.63) is 68.2 Å². The van der Waals surface area contributed by atoms with E-state index in [-0.39, 0.29) is 10.0 Å². The summed E-state index contributed by atoms with van der Waals surface area (Å²) >= 11 is 8.95. The summed E-state index contributed by atoms with van der Waals surface area (Å²) < 4.78 is 27.5. The molecule has 0 saturated heterocycles. The molecule has 0 bridgehead atoms. The zero-order chi connectivity index (χ0) is 14.2. The van der Waals surface area contributed by atoms with E-state index in [1.165, 1.54) is 0 Å². The van der Waals surface area contributed by atoms with Gasteiger partial charge in [-0.3, -0.25) is 0 Å². The monoisotopic (exact) mass is 345 g/mol. The van der Waals surface area contributed by atoms with Crippen molar-refractivity contribution in [1.82, 2.24) is 0 Å². The van der Waals surface area contributed by atoms with Crippen LogP contribution in [0.3, 0.4) is 0 Å². The number of hydrogen-bond acceptors (Lipinski definition) is 1. The quantitative estimate of drug-likeness (QED) is 0.781. The maximum absolute atomic E-state index is 13.9.